The molecule has 0 spiro atoms. The molecule has 7 heteroatoms. The summed E-state index contributed by atoms with van der Waals surface area (Å²) in [4.78, 5) is 25.6. The Labute approximate surface area is 148 Å². The Kier molecular flexibility index (Phi) is 6.07. The number of hydrogen-bond donors (Lipinski definition) is 3. The molecule has 3 N–H and O–H groups in total. The maximum absolute atomic E-state index is 12.3. The molecular formula is C17H25ClN4O2. The van der Waals surface area contributed by atoms with Crippen LogP contribution < -0.4 is 20.9 Å². The molecule has 3 rings (SSSR count). The van der Waals surface area contributed by atoms with Crippen molar-refractivity contribution in [3.05, 3.63) is 29.8 Å². The second-order valence-electron chi connectivity index (χ2n) is 6.67. The SMILES string of the molecule is CC1(CNC(=O)c2ccc(N3CCNC3=O)cc2)CCNCC1.Cl. The number of urea groups is 1. The van der Waals surface area contributed by atoms with E-state index in [1.165, 1.54) is 0 Å². The summed E-state index contributed by atoms with van der Waals surface area (Å²) in [6.07, 6.45) is 2.16. The number of rotatable bonds is 4. The number of nitrogens with zero attached hydrogens (tertiary/aromatic N) is 1. The molecule has 2 aliphatic rings. The lowest BCUT2D eigenvalue weighted by atomic mass is 9.81. The van der Waals surface area contributed by atoms with Crippen molar-refractivity contribution >= 4 is 30.0 Å². The molecule has 0 aromatic heterocycles. The molecular weight excluding hydrogens is 328 g/mol. The third-order valence-electron chi connectivity index (χ3n) is 4.78. The zero-order valence-electron chi connectivity index (χ0n) is 13.9. The highest BCUT2D eigenvalue weighted by Gasteiger charge is 2.27. The van der Waals surface area contributed by atoms with Crippen molar-refractivity contribution in [3.63, 3.8) is 0 Å². The van der Waals surface area contributed by atoms with Crippen LogP contribution in [0.4, 0.5) is 10.5 Å². The predicted octanol–water partition coefficient (Wildman–Crippen LogP) is 1.76. The fourth-order valence-electron chi connectivity index (χ4n) is 3.11. The number of halogens is 1. The lowest BCUT2D eigenvalue weighted by Crippen LogP contribution is -2.42. The number of amides is 3. The molecule has 0 saturated carbocycles. The smallest absolute Gasteiger partial charge is 0.321 e. The lowest BCUT2D eigenvalue weighted by molar-refractivity contribution is 0.0922. The minimum Gasteiger partial charge on any atom is -0.351 e. The first-order chi connectivity index (χ1) is 11.1. The summed E-state index contributed by atoms with van der Waals surface area (Å²) >= 11 is 0. The molecule has 0 unspecified atom stereocenters. The maximum Gasteiger partial charge on any atom is 0.321 e. The molecule has 3 amide bonds. The first kappa shape index (κ1) is 18.5. The molecule has 2 saturated heterocycles. The number of carbonyl (C=O) groups excluding carboxylic acids is 2. The Morgan fingerprint density at radius 3 is 2.46 bits per heavy atom. The Hall–Kier alpha value is -1.79. The van der Waals surface area contributed by atoms with E-state index in [2.05, 4.69) is 22.9 Å². The highest BCUT2D eigenvalue weighted by molar-refractivity contribution is 5.97. The van der Waals surface area contributed by atoms with Crippen LogP contribution in [0, 0.1) is 5.41 Å². The average Bonchev–Trinajstić information content (AvgIpc) is 3.00. The van der Waals surface area contributed by atoms with Crippen molar-refractivity contribution in [2.75, 3.05) is 37.6 Å². The van der Waals surface area contributed by atoms with Crippen molar-refractivity contribution in [1.29, 1.82) is 0 Å². The quantitative estimate of drug-likeness (QED) is 0.773. The number of hydrogen-bond acceptors (Lipinski definition) is 3. The second-order valence-corrected chi connectivity index (χ2v) is 6.67. The van der Waals surface area contributed by atoms with Gasteiger partial charge >= 0.3 is 6.03 Å². The third kappa shape index (κ3) is 4.19. The van der Waals surface area contributed by atoms with E-state index in [-0.39, 0.29) is 29.8 Å². The van der Waals surface area contributed by atoms with Gasteiger partial charge in [0.1, 0.15) is 0 Å². The zero-order chi connectivity index (χ0) is 16.3. The number of carbonyl (C=O) groups is 2. The van der Waals surface area contributed by atoms with Crippen LogP contribution in [0.25, 0.3) is 0 Å². The first-order valence-electron chi connectivity index (χ1n) is 8.22. The van der Waals surface area contributed by atoms with Crippen LogP contribution in [0.5, 0.6) is 0 Å². The van der Waals surface area contributed by atoms with Crippen LogP contribution in [-0.2, 0) is 0 Å². The molecule has 0 bridgehead atoms. The normalized spacial score (nSPS) is 19.4. The number of nitrogens with one attached hydrogen (secondary N) is 3. The van der Waals surface area contributed by atoms with E-state index in [4.69, 9.17) is 0 Å². The van der Waals surface area contributed by atoms with Crippen LogP contribution in [0.15, 0.2) is 24.3 Å². The highest BCUT2D eigenvalue weighted by atomic mass is 35.5. The van der Waals surface area contributed by atoms with E-state index in [0.717, 1.165) is 31.6 Å². The van der Waals surface area contributed by atoms with Crippen molar-refractivity contribution < 1.29 is 9.59 Å². The van der Waals surface area contributed by atoms with Crippen molar-refractivity contribution in [1.82, 2.24) is 16.0 Å². The van der Waals surface area contributed by atoms with E-state index in [9.17, 15) is 9.59 Å². The summed E-state index contributed by atoms with van der Waals surface area (Å²) in [7, 11) is 0. The molecule has 1 aromatic rings. The fourth-order valence-corrected chi connectivity index (χ4v) is 3.11. The summed E-state index contributed by atoms with van der Waals surface area (Å²) in [6, 6.07) is 7.13. The average molecular weight is 353 g/mol. The van der Waals surface area contributed by atoms with Crippen molar-refractivity contribution in [2.45, 2.75) is 19.8 Å². The van der Waals surface area contributed by atoms with Gasteiger partial charge in [0.2, 0.25) is 0 Å². The lowest BCUT2D eigenvalue weighted by Gasteiger charge is -2.34. The van der Waals surface area contributed by atoms with Gasteiger partial charge in [-0.25, -0.2) is 4.79 Å². The molecule has 0 atom stereocenters. The van der Waals surface area contributed by atoms with Crippen LogP contribution >= 0.6 is 12.4 Å². The third-order valence-corrected chi connectivity index (χ3v) is 4.78. The molecule has 132 valence electrons. The van der Waals surface area contributed by atoms with Crippen LogP contribution in [0.1, 0.15) is 30.1 Å². The molecule has 2 aliphatic heterocycles. The van der Waals surface area contributed by atoms with Gasteiger partial charge in [-0.3, -0.25) is 9.69 Å². The molecule has 0 aliphatic carbocycles. The molecule has 1 aromatic carbocycles. The minimum atomic E-state index is -0.0824. The summed E-state index contributed by atoms with van der Waals surface area (Å²) < 4.78 is 0. The number of benzene rings is 1. The summed E-state index contributed by atoms with van der Waals surface area (Å²) in [6.45, 7) is 6.27. The Balaban J connectivity index is 0.00000208. The zero-order valence-corrected chi connectivity index (χ0v) is 14.7. The van der Waals surface area contributed by atoms with Crippen LogP contribution in [0.3, 0.4) is 0 Å². The summed E-state index contributed by atoms with van der Waals surface area (Å²) in [5, 5.41) is 9.16. The number of anilines is 1. The van der Waals surface area contributed by atoms with Gasteiger partial charge in [0.25, 0.3) is 5.91 Å². The Morgan fingerprint density at radius 2 is 1.88 bits per heavy atom. The molecule has 6 nitrogen and oxygen atoms in total. The monoisotopic (exact) mass is 352 g/mol. The van der Waals surface area contributed by atoms with Crippen molar-refractivity contribution in [2.24, 2.45) is 5.41 Å². The maximum atomic E-state index is 12.3. The summed E-state index contributed by atoms with van der Waals surface area (Å²) in [5.41, 5.74) is 1.63. The molecule has 2 fully saturated rings. The van der Waals surface area contributed by atoms with Gasteiger partial charge in [0.15, 0.2) is 0 Å². The van der Waals surface area contributed by atoms with E-state index in [0.29, 0.717) is 25.2 Å². The Morgan fingerprint density at radius 1 is 1.21 bits per heavy atom. The molecule has 24 heavy (non-hydrogen) atoms. The standard InChI is InChI=1S/C17H24N4O2.ClH/c1-17(6-8-18-9-7-17)12-20-15(22)13-2-4-14(5-3-13)21-11-10-19-16(21)23;/h2-5,18H,6-12H2,1H3,(H,19,23)(H,20,22);1H. The first-order valence-corrected chi connectivity index (χ1v) is 8.22. The van der Waals surface area contributed by atoms with Crippen molar-refractivity contribution in [3.8, 4) is 0 Å². The van der Waals surface area contributed by atoms with Gasteiger partial charge in [-0.15, -0.1) is 12.4 Å². The molecule has 0 radical (unpaired) electrons. The van der Waals surface area contributed by atoms with E-state index in [1.54, 1.807) is 17.0 Å². The number of piperidine rings is 1. The highest BCUT2D eigenvalue weighted by Crippen LogP contribution is 2.26. The van der Waals surface area contributed by atoms with Crippen LogP contribution in [0.2, 0.25) is 0 Å². The topological polar surface area (TPSA) is 73.5 Å². The van der Waals surface area contributed by atoms with Gasteiger partial charge < -0.3 is 16.0 Å². The van der Waals surface area contributed by atoms with Gasteiger partial charge in [-0.1, -0.05) is 6.92 Å². The van der Waals surface area contributed by atoms with E-state index in [1.807, 2.05) is 12.1 Å². The van der Waals surface area contributed by atoms with Gasteiger partial charge in [-0.2, -0.15) is 0 Å². The fraction of sp³-hybridized carbons (Fsp3) is 0.529. The summed E-state index contributed by atoms with van der Waals surface area (Å²) in [5.74, 6) is -0.0535. The molecule has 2 heterocycles. The van der Waals surface area contributed by atoms with Gasteiger partial charge in [0.05, 0.1) is 0 Å². The van der Waals surface area contributed by atoms with Gasteiger partial charge in [0, 0.05) is 30.9 Å². The Bertz CT molecular complexity index is 585. The van der Waals surface area contributed by atoms with E-state index >= 15 is 0 Å². The largest absolute Gasteiger partial charge is 0.351 e. The second kappa shape index (κ2) is 7.85. The van der Waals surface area contributed by atoms with E-state index < -0.39 is 0 Å². The minimum absolute atomic E-state index is 0. The van der Waals surface area contributed by atoms with Crippen LogP contribution in [-0.4, -0.2) is 44.7 Å². The van der Waals surface area contributed by atoms with Gasteiger partial charge in [-0.05, 0) is 55.6 Å². The predicted molar refractivity (Wildman–Crippen MR) is 97.0 cm³/mol.